The Morgan fingerprint density at radius 1 is 1.18 bits per heavy atom. The third-order valence-electron chi connectivity index (χ3n) is 5.31. The molecule has 12 heteroatoms. The Morgan fingerprint density at radius 2 is 1.85 bits per heavy atom. The van der Waals surface area contributed by atoms with Crippen LogP contribution in [0, 0.1) is 11.6 Å². The molecule has 0 spiro atoms. The Morgan fingerprint density at radius 3 is 2.50 bits per heavy atom. The number of hydrogen-bond donors (Lipinski definition) is 3. The normalized spacial score (nSPS) is 11.1. The summed E-state index contributed by atoms with van der Waals surface area (Å²) in [6.45, 7) is 0. The van der Waals surface area contributed by atoms with Gasteiger partial charge in [0.15, 0.2) is 11.6 Å². The van der Waals surface area contributed by atoms with Gasteiger partial charge in [-0.05, 0) is 24.0 Å². The molecule has 0 aliphatic rings. The highest BCUT2D eigenvalue weighted by Crippen LogP contribution is 2.31. The second-order valence-electron chi connectivity index (χ2n) is 7.40. The van der Waals surface area contributed by atoms with Gasteiger partial charge in [-0.25, -0.2) is 8.78 Å². The van der Waals surface area contributed by atoms with E-state index in [0.29, 0.717) is 16.8 Å². The molecule has 176 valence electrons. The summed E-state index contributed by atoms with van der Waals surface area (Å²) in [5, 5.41) is 7.87. The van der Waals surface area contributed by atoms with Crippen molar-refractivity contribution in [1.29, 1.82) is 0 Å². The van der Waals surface area contributed by atoms with Crippen molar-refractivity contribution in [2.45, 2.75) is 6.42 Å². The molecule has 0 saturated heterocycles. The molecule has 0 radical (unpaired) electrons. The van der Waals surface area contributed by atoms with E-state index < -0.39 is 11.6 Å². The molecule has 9 nitrogen and oxygen atoms in total. The SMILES string of the molecule is CNc1c(F)cc(F)cc1Cc1nn(-c2nc(N)c(N(C)C(=O)SC)c(N)n2)c2ccccc12. The number of carbonyl (C=O) groups excluding carboxylic acids is 1. The average molecular weight is 485 g/mol. The minimum absolute atomic E-state index is 0.0122. The summed E-state index contributed by atoms with van der Waals surface area (Å²) in [6.07, 6.45) is 1.79. The third kappa shape index (κ3) is 4.07. The number of halogens is 2. The van der Waals surface area contributed by atoms with Gasteiger partial charge in [0.2, 0.25) is 0 Å². The van der Waals surface area contributed by atoms with Gasteiger partial charge in [0.25, 0.3) is 11.2 Å². The molecule has 1 amide bonds. The van der Waals surface area contributed by atoms with Crippen LogP contribution in [0.5, 0.6) is 0 Å². The van der Waals surface area contributed by atoms with Gasteiger partial charge in [-0.3, -0.25) is 9.69 Å². The molecule has 4 aromatic rings. The number of nitrogen functional groups attached to an aromatic ring is 2. The zero-order valence-electron chi connectivity index (χ0n) is 18.6. The van der Waals surface area contributed by atoms with Gasteiger partial charge in [-0.2, -0.15) is 19.7 Å². The van der Waals surface area contributed by atoms with Crippen molar-refractivity contribution in [2.75, 3.05) is 42.0 Å². The van der Waals surface area contributed by atoms with Gasteiger partial charge in [-0.1, -0.05) is 30.0 Å². The molecule has 0 aliphatic heterocycles. The Labute approximate surface area is 198 Å². The largest absolute Gasteiger partial charge is 0.386 e. The van der Waals surface area contributed by atoms with Crippen molar-refractivity contribution in [1.82, 2.24) is 19.7 Å². The van der Waals surface area contributed by atoms with E-state index in [1.807, 2.05) is 24.3 Å². The van der Waals surface area contributed by atoms with Crippen molar-refractivity contribution < 1.29 is 13.6 Å². The van der Waals surface area contributed by atoms with Crippen LogP contribution in [0.25, 0.3) is 16.9 Å². The standard InChI is InChI=1S/C22H22F2N8OS/c1-27-17-11(8-12(23)10-14(17)24)9-15-13-6-4-5-7-16(13)32(30-15)21-28-19(25)18(20(26)29-21)31(2)22(33)34-3/h4-8,10,27H,9H2,1-3H3,(H4,25,26,28,29). The van der Waals surface area contributed by atoms with Crippen molar-refractivity contribution in [3.8, 4) is 5.95 Å². The number of rotatable bonds is 5. The molecule has 34 heavy (non-hydrogen) atoms. The Bertz CT molecular complexity index is 1380. The third-order valence-corrected chi connectivity index (χ3v) is 5.93. The Balaban J connectivity index is 1.84. The van der Waals surface area contributed by atoms with Crippen LogP contribution in [-0.4, -0.2) is 45.3 Å². The number of carbonyl (C=O) groups is 1. The van der Waals surface area contributed by atoms with E-state index in [1.54, 1.807) is 13.3 Å². The van der Waals surface area contributed by atoms with E-state index in [4.69, 9.17) is 11.5 Å². The highest BCUT2D eigenvalue weighted by atomic mass is 32.2. The fourth-order valence-electron chi connectivity index (χ4n) is 3.78. The molecule has 2 aromatic carbocycles. The fraction of sp³-hybridized carbons (Fsp3) is 0.182. The number of aromatic nitrogens is 4. The number of fused-ring (bicyclic) bond motifs is 1. The number of benzene rings is 2. The molecule has 0 unspecified atom stereocenters. The van der Waals surface area contributed by atoms with Gasteiger partial charge in [0.1, 0.15) is 17.3 Å². The van der Waals surface area contributed by atoms with Crippen molar-refractivity contribution >= 4 is 50.9 Å². The van der Waals surface area contributed by atoms with Crippen LogP contribution in [0.4, 0.5) is 36.6 Å². The van der Waals surface area contributed by atoms with Gasteiger partial charge in [0, 0.05) is 32.0 Å². The van der Waals surface area contributed by atoms with E-state index >= 15 is 0 Å². The maximum Gasteiger partial charge on any atom is 0.285 e. The van der Waals surface area contributed by atoms with Crippen LogP contribution in [-0.2, 0) is 6.42 Å². The van der Waals surface area contributed by atoms with Gasteiger partial charge >= 0.3 is 0 Å². The van der Waals surface area contributed by atoms with E-state index in [1.165, 1.54) is 22.7 Å². The summed E-state index contributed by atoms with van der Waals surface area (Å²) >= 11 is 1.00. The van der Waals surface area contributed by atoms with Crippen molar-refractivity contribution in [3.05, 3.63) is 59.3 Å². The molecule has 0 aliphatic carbocycles. The number of anilines is 4. The summed E-state index contributed by atoms with van der Waals surface area (Å²) < 4.78 is 29.7. The molecule has 2 heterocycles. The summed E-state index contributed by atoms with van der Waals surface area (Å²) in [4.78, 5) is 22.0. The van der Waals surface area contributed by atoms with E-state index in [0.717, 1.165) is 23.2 Å². The van der Waals surface area contributed by atoms with E-state index in [-0.39, 0.29) is 40.6 Å². The lowest BCUT2D eigenvalue weighted by Crippen LogP contribution is -2.25. The number of nitrogens with one attached hydrogen (secondary N) is 1. The molecule has 0 saturated carbocycles. The smallest absolute Gasteiger partial charge is 0.285 e. The maximum absolute atomic E-state index is 14.3. The molecule has 0 atom stereocenters. The van der Waals surface area contributed by atoms with Crippen molar-refractivity contribution in [3.63, 3.8) is 0 Å². The minimum atomic E-state index is -0.690. The monoisotopic (exact) mass is 484 g/mol. The second kappa shape index (κ2) is 9.14. The average Bonchev–Trinajstić information content (AvgIpc) is 3.16. The van der Waals surface area contributed by atoms with Crippen LogP contribution in [0.2, 0.25) is 0 Å². The first-order chi connectivity index (χ1) is 16.2. The highest BCUT2D eigenvalue weighted by Gasteiger charge is 2.22. The zero-order chi connectivity index (χ0) is 24.6. The summed E-state index contributed by atoms with van der Waals surface area (Å²) in [5.74, 6) is -1.25. The number of thioether (sulfide) groups is 1. The fourth-order valence-corrected chi connectivity index (χ4v) is 4.15. The van der Waals surface area contributed by atoms with Crippen molar-refractivity contribution in [2.24, 2.45) is 0 Å². The molecule has 0 fully saturated rings. The van der Waals surface area contributed by atoms with Crippen LogP contribution >= 0.6 is 11.8 Å². The number of amides is 1. The number of hydrogen-bond acceptors (Lipinski definition) is 8. The highest BCUT2D eigenvalue weighted by molar-refractivity contribution is 8.13. The Hall–Kier alpha value is -3.93. The van der Waals surface area contributed by atoms with E-state index in [9.17, 15) is 13.6 Å². The lowest BCUT2D eigenvalue weighted by atomic mass is 10.0. The van der Waals surface area contributed by atoms with Crippen LogP contribution in [0.3, 0.4) is 0 Å². The predicted molar refractivity (Wildman–Crippen MR) is 132 cm³/mol. The van der Waals surface area contributed by atoms with Gasteiger partial charge < -0.3 is 16.8 Å². The number of nitrogens with zero attached hydrogens (tertiary/aromatic N) is 5. The van der Waals surface area contributed by atoms with Crippen LogP contribution < -0.4 is 21.7 Å². The Kier molecular flexibility index (Phi) is 6.24. The molecule has 4 rings (SSSR count). The quantitative estimate of drug-likeness (QED) is 0.390. The first-order valence-electron chi connectivity index (χ1n) is 10.1. The minimum Gasteiger partial charge on any atom is -0.386 e. The van der Waals surface area contributed by atoms with Crippen LogP contribution in [0.15, 0.2) is 36.4 Å². The molecule has 0 bridgehead atoms. The molecule has 5 N–H and O–H groups in total. The predicted octanol–water partition coefficient (Wildman–Crippen LogP) is 3.81. The van der Waals surface area contributed by atoms with Gasteiger partial charge in [0.05, 0.1) is 16.9 Å². The summed E-state index contributed by atoms with van der Waals surface area (Å²) in [6, 6.07) is 9.39. The lowest BCUT2D eigenvalue weighted by Gasteiger charge is -2.19. The molecular weight excluding hydrogens is 462 g/mol. The first kappa shape index (κ1) is 23.2. The molecule has 2 aromatic heterocycles. The lowest BCUT2D eigenvalue weighted by molar-refractivity contribution is 0.266. The second-order valence-corrected chi connectivity index (χ2v) is 8.15. The van der Waals surface area contributed by atoms with Crippen LogP contribution in [0.1, 0.15) is 11.3 Å². The topological polar surface area (TPSA) is 128 Å². The van der Waals surface area contributed by atoms with E-state index in [2.05, 4.69) is 20.4 Å². The maximum atomic E-state index is 14.3. The number of para-hydroxylation sites is 1. The zero-order valence-corrected chi connectivity index (χ0v) is 19.5. The molecular formula is C22H22F2N8OS. The van der Waals surface area contributed by atoms with Gasteiger partial charge in [-0.15, -0.1) is 0 Å². The number of nitrogens with two attached hydrogens (primary N) is 2. The first-order valence-corrected chi connectivity index (χ1v) is 11.3. The summed E-state index contributed by atoms with van der Waals surface area (Å²) in [5.41, 5.74) is 14.3. The summed E-state index contributed by atoms with van der Waals surface area (Å²) in [7, 11) is 3.10.